The van der Waals surface area contributed by atoms with Gasteiger partial charge in [-0.05, 0) is 48.5 Å². The number of carbonyl (C=O) groups is 2. The van der Waals surface area contributed by atoms with Crippen molar-refractivity contribution in [1.82, 2.24) is 15.5 Å². The molecule has 1 aromatic heterocycles. The van der Waals surface area contributed by atoms with Crippen LogP contribution in [-0.2, 0) is 4.79 Å². The van der Waals surface area contributed by atoms with E-state index in [0.29, 0.717) is 10.6 Å². The first-order valence-electron chi connectivity index (χ1n) is 8.59. The summed E-state index contributed by atoms with van der Waals surface area (Å²) in [5.74, 6) is -2.44. The molecule has 0 aliphatic heterocycles. The summed E-state index contributed by atoms with van der Waals surface area (Å²) in [7, 11) is 0. The molecule has 8 nitrogen and oxygen atoms in total. The number of hydrogen-bond acceptors (Lipinski definition) is 6. The summed E-state index contributed by atoms with van der Waals surface area (Å²) >= 11 is 5.78. The Morgan fingerprint density at radius 3 is 2.35 bits per heavy atom. The lowest BCUT2D eigenvalue weighted by atomic mass is 10.1. The van der Waals surface area contributed by atoms with Crippen molar-refractivity contribution in [3.63, 3.8) is 0 Å². The highest BCUT2D eigenvalue weighted by molar-refractivity contribution is 6.30. The molecule has 1 unspecified atom stereocenters. The number of amides is 1. The van der Waals surface area contributed by atoms with E-state index in [9.17, 15) is 22.8 Å². The lowest BCUT2D eigenvalue weighted by Crippen LogP contribution is -2.30. The second-order valence-electron chi connectivity index (χ2n) is 6.16. The van der Waals surface area contributed by atoms with Gasteiger partial charge in [0, 0.05) is 16.1 Å². The molecule has 0 spiro atoms. The minimum atomic E-state index is -4.83. The second-order valence-corrected chi connectivity index (χ2v) is 6.60. The number of carboxylic acids is 1. The number of benzene rings is 2. The van der Waals surface area contributed by atoms with Crippen LogP contribution in [0.15, 0.2) is 53.1 Å². The number of carbonyl (C=O) groups excluding carboxylic acids is 1. The monoisotopic (exact) mass is 455 g/mol. The van der Waals surface area contributed by atoms with Crippen LogP contribution in [0.5, 0.6) is 5.75 Å². The van der Waals surface area contributed by atoms with Crippen LogP contribution in [-0.4, -0.2) is 33.5 Å². The molecule has 2 N–H and O–H groups in total. The molecule has 162 valence electrons. The number of alkyl halides is 3. The van der Waals surface area contributed by atoms with E-state index in [1.807, 2.05) is 0 Å². The van der Waals surface area contributed by atoms with Gasteiger partial charge in [-0.1, -0.05) is 16.8 Å². The molecule has 2 aromatic carbocycles. The van der Waals surface area contributed by atoms with Gasteiger partial charge in [-0.15, -0.1) is 13.2 Å². The predicted molar refractivity (Wildman–Crippen MR) is 100 cm³/mol. The van der Waals surface area contributed by atoms with E-state index in [1.54, 1.807) is 0 Å². The van der Waals surface area contributed by atoms with Crippen LogP contribution in [0.2, 0.25) is 5.02 Å². The summed E-state index contributed by atoms with van der Waals surface area (Å²) in [6, 6.07) is 9.45. The minimum Gasteiger partial charge on any atom is -0.481 e. The standard InChI is InChI=1S/C19H13ClF3N3O5/c20-12-5-1-11(2-6-12)17(29)24-14(9-15(27)28)18-25-16(26-31-18)10-3-7-13(8-4-10)30-19(21,22)23/h1-8,14H,9H2,(H,24,29)(H,27,28). The van der Waals surface area contributed by atoms with Gasteiger partial charge >= 0.3 is 12.3 Å². The zero-order chi connectivity index (χ0) is 22.6. The fourth-order valence-electron chi connectivity index (χ4n) is 2.52. The molecule has 31 heavy (non-hydrogen) atoms. The summed E-state index contributed by atoms with van der Waals surface area (Å²) < 4.78 is 45.6. The highest BCUT2D eigenvalue weighted by Gasteiger charge is 2.31. The number of hydrogen-bond donors (Lipinski definition) is 2. The summed E-state index contributed by atoms with van der Waals surface area (Å²) in [6.45, 7) is 0. The van der Waals surface area contributed by atoms with Gasteiger partial charge in [0.15, 0.2) is 0 Å². The fraction of sp³-hybridized carbons (Fsp3) is 0.158. The van der Waals surface area contributed by atoms with Gasteiger partial charge in [0.05, 0.1) is 6.42 Å². The van der Waals surface area contributed by atoms with E-state index in [1.165, 1.54) is 36.4 Å². The lowest BCUT2D eigenvalue weighted by Gasteiger charge is -2.13. The first-order valence-corrected chi connectivity index (χ1v) is 8.96. The summed E-state index contributed by atoms with van der Waals surface area (Å²) in [4.78, 5) is 27.7. The average Bonchev–Trinajstić information content (AvgIpc) is 3.17. The van der Waals surface area contributed by atoms with Gasteiger partial charge in [0.25, 0.3) is 5.91 Å². The van der Waals surface area contributed by atoms with E-state index < -0.39 is 36.5 Å². The number of carboxylic acid groups (broad SMARTS) is 1. The Morgan fingerprint density at radius 2 is 1.77 bits per heavy atom. The Kier molecular flexibility index (Phi) is 6.44. The highest BCUT2D eigenvalue weighted by atomic mass is 35.5. The molecule has 0 aliphatic rings. The van der Waals surface area contributed by atoms with Crippen molar-refractivity contribution >= 4 is 23.5 Å². The SMILES string of the molecule is O=C(O)CC(NC(=O)c1ccc(Cl)cc1)c1nc(-c2ccc(OC(F)(F)F)cc2)no1. The average molecular weight is 456 g/mol. The Hall–Kier alpha value is -3.60. The van der Waals surface area contributed by atoms with Crippen molar-refractivity contribution < 1.29 is 37.1 Å². The van der Waals surface area contributed by atoms with Crippen molar-refractivity contribution in [2.75, 3.05) is 0 Å². The van der Waals surface area contributed by atoms with Crippen LogP contribution in [0, 0.1) is 0 Å². The molecule has 3 aromatic rings. The maximum absolute atomic E-state index is 12.4. The molecule has 0 aliphatic carbocycles. The summed E-state index contributed by atoms with van der Waals surface area (Å²) in [6.07, 6.45) is -5.37. The number of halogens is 4. The molecule has 0 radical (unpaired) electrons. The van der Waals surface area contributed by atoms with E-state index in [4.69, 9.17) is 21.2 Å². The number of aliphatic carboxylic acids is 1. The van der Waals surface area contributed by atoms with Crippen LogP contribution >= 0.6 is 11.6 Å². The smallest absolute Gasteiger partial charge is 0.481 e. The first-order chi connectivity index (χ1) is 14.6. The number of nitrogens with zero attached hydrogens (tertiary/aromatic N) is 2. The Bertz CT molecular complexity index is 1070. The van der Waals surface area contributed by atoms with Gasteiger partial charge in [0.1, 0.15) is 11.8 Å². The molecular formula is C19H13ClF3N3O5. The third kappa shape index (κ3) is 6.19. The maximum Gasteiger partial charge on any atom is 0.573 e. The molecular weight excluding hydrogens is 443 g/mol. The van der Waals surface area contributed by atoms with Crippen molar-refractivity contribution in [3.05, 3.63) is 65.0 Å². The lowest BCUT2D eigenvalue weighted by molar-refractivity contribution is -0.274. The van der Waals surface area contributed by atoms with E-state index in [-0.39, 0.29) is 17.3 Å². The topological polar surface area (TPSA) is 115 Å². The normalized spacial score (nSPS) is 12.3. The molecule has 3 rings (SSSR count). The minimum absolute atomic E-state index is 0.00955. The number of aromatic nitrogens is 2. The predicted octanol–water partition coefficient (Wildman–Crippen LogP) is 4.23. The number of nitrogens with one attached hydrogen (secondary N) is 1. The van der Waals surface area contributed by atoms with Crippen molar-refractivity contribution in [3.8, 4) is 17.1 Å². The second kappa shape index (κ2) is 9.04. The Morgan fingerprint density at radius 1 is 1.13 bits per heavy atom. The molecule has 12 heteroatoms. The number of ether oxygens (including phenoxy) is 1. The van der Waals surface area contributed by atoms with Gasteiger partial charge in [-0.3, -0.25) is 9.59 Å². The maximum atomic E-state index is 12.4. The molecule has 0 saturated heterocycles. The van der Waals surface area contributed by atoms with Gasteiger partial charge in [-0.25, -0.2) is 0 Å². The van der Waals surface area contributed by atoms with Crippen LogP contribution < -0.4 is 10.1 Å². The van der Waals surface area contributed by atoms with E-state index in [2.05, 4.69) is 20.2 Å². The van der Waals surface area contributed by atoms with Gasteiger partial charge in [-0.2, -0.15) is 4.98 Å². The Labute approximate surface area is 177 Å². The zero-order valence-corrected chi connectivity index (χ0v) is 16.1. The highest BCUT2D eigenvalue weighted by Crippen LogP contribution is 2.26. The number of rotatable bonds is 7. The molecule has 0 saturated carbocycles. The fourth-order valence-corrected chi connectivity index (χ4v) is 2.64. The summed E-state index contributed by atoms with van der Waals surface area (Å²) in [5.41, 5.74) is 0.530. The first kappa shape index (κ1) is 22.1. The molecule has 1 heterocycles. The molecule has 1 amide bonds. The quantitative estimate of drug-likeness (QED) is 0.547. The van der Waals surface area contributed by atoms with Crippen molar-refractivity contribution in [1.29, 1.82) is 0 Å². The van der Waals surface area contributed by atoms with Crippen LogP contribution in [0.3, 0.4) is 0 Å². The third-order valence-corrected chi connectivity index (χ3v) is 4.13. The van der Waals surface area contributed by atoms with E-state index in [0.717, 1.165) is 12.1 Å². The summed E-state index contributed by atoms with van der Waals surface area (Å²) in [5, 5.41) is 15.8. The van der Waals surface area contributed by atoms with Crippen LogP contribution in [0.25, 0.3) is 11.4 Å². The molecule has 0 fully saturated rings. The Balaban J connectivity index is 1.78. The van der Waals surface area contributed by atoms with Gasteiger partial charge < -0.3 is 19.7 Å². The van der Waals surface area contributed by atoms with Gasteiger partial charge in [0.2, 0.25) is 11.7 Å². The largest absolute Gasteiger partial charge is 0.573 e. The zero-order valence-electron chi connectivity index (χ0n) is 15.4. The van der Waals surface area contributed by atoms with E-state index >= 15 is 0 Å². The molecule has 1 atom stereocenters. The van der Waals surface area contributed by atoms with Crippen molar-refractivity contribution in [2.45, 2.75) is 18.8 Å². The third-order valence-electron chi connectivity index (χ3n) is 3.88. The van der Waals surface area contributed by atoms with Crippen LogP contribution in [0.1, 0.15) is 28.7 Å². The van der Waals surface area contributed by atoms with Crippen molar-refractivity contribution in [2.24, 2.45) is 0 Å². The van der Waals surface area contributed by atoms with Crippen LogP contribution in [0.4, 0.5) is 13.2 Å². The molecule has 0 bridgehead atoms.